The molecule has 9 heteroatoms. The van der Waals surface area contributed by atoms with E-state index in [2.05, 4.69) is 11.6 Å². The van der Waals surface area contributed by atoms with Crippen LogP contribution in [0.3, 0.4) is 0 Å². The summed E-state index contributed by atoms with van der Waals surface area (Å²) in [5, 5.41) is 24.2. The SMILES string of the molecule is C=C1C(=O)[C@]23[C@H](OC(=O)C4CCC(CC(=O)c5ccccn5)CC4)[C@H]1CC[C@H]2[C@@]12CO[C@@]3(O)[C@@H](O)[C@@H]1C(C)(C)CCC2=O. The van der Waals surface area contributed by atoms with Gasteiger partial charge in [0, 0.05) is 30.9 Å². The van der Waals surface area contributed by atoms with Crippen LogP contribution in [0.4, 0.5) is 0 Å². The molecule has 0 aromatic carbocycles. The fraction of sp³-hybridized carbons (Fsp3) is 0.676. The number of fused-ring (bicyclic) bond motifs is 2. The second kappa shape index (κ2) is 9.62. The summed E-state index contributed by atoms with van der Waals surface area (Å²) in [5.41, 5.74) is -2.69. The number of aromatic nitrogens is 1. The summed E-state index contributed by atoms with van der Waals surface area (Å²) in [4.78, 5) is 58.7. The monoisotopic (exact) mass is 591 g/mol. The number of carbonyl (C=O) groups excluding carboxylic acids is 4. The molecule has 1 aromatic rings. The number of esters is 1. The lowest BCUT2D eigenvalue weighted by Crippen LogP contribution is -2.85. The van der Waals surface area contributed by atoms with Crippen LogP contribution in [0.5, 0.6) is 0 Å². The van der Waals surface area contributed by atoms with E-state index in [-0.39, 0.29) is 29.7 Å². The van der Waals surface area contributed by atoms with Gasteiger partial charge in [-0.1, -0.05) is 26.5 Å². The maximum absolute atomic E-state index is 14.3. The number of aliphatic hydroxyl groups excluding tert-OH is 1. The molecule has 43 heavy (non-hydrogen) atoms. The summed E-state index contributed by atoms with van der Waals surface area (Å²) in [6.07, 6.45) is 3.73. The standard InChI is InChI=1S/C34H41NO8/c1-18-21-11-12-24-32-17-42-34(41,28(39)26(32)31(2,3)14-13-25(32)37)33(24,27(18)38)29(21)43-30(40)20-9-7-19(8-10-20)16-23(36)22-6-4-5-15-35-22/h4-6,15,19-21,24,26,28-29,39,41H,1,7-14,16-17H2,2-3H3/t19?,20?,21-,24-,26+,28-,29+,32+,33-,34-/m0/s1. The molecule has 1 aromatic heterocycles. The maximum Gasteiger partial charge on any atom is 0.309 e. The van der Waals surface area contributed by atoms with Crippen LogP contribution in [0.2, 0.25) is 0 Å². The van der Waals surface area contributed by atoms with Gasteiger partial charge in [0.1, 0.15) is 29.1 Å². The molecule has 8 atom stereocenters. The van der Waals surface area contributed by atoms with Gasteiger partial charge >= 0.3 is 5.97 Å². The average molecular weight is 592 g/mol. The third kappa shape index (κ3) is 3.64. The van der Waals surface area contributed by atoms with E-state index in [1.54, 1.807) is 24.4 Å². The largest absolute Gasteiger partial charge is 0.460 e. The molecule has 0 unspecified atom stereocenters. The van der Waals surface area contributed by atoms with E-state index in [0.717, 1.165) is 0 Å². The Morgan fingerprint density at radius 1 is 1.12 bits per heavy atom. The lowest BCUT2D eigenvalue weighted by molar-refractivity contribution is -0.437. The number of carbonyl (C=O) groups is 4. The average Bonchev–Trinajstić information content (AvgIpc) is 3.10. The number of ether oxygens (including phenoxy) is 2. The van der Waals surface area contributed by atoms with E-state index >= 15 is 0 Å². The molecular formula is C34H41NO8. The van der Waals surface area contributed by atoms with E-state index in [1.165, 1.54) is 0 Å². The summed E-state index contributed by atoms with van der Waals surface area (Å²) < 4.78 is 12.3. The molecule has 4 bridgehead atoms. The number of hydrogen-bond donors (Lipinski definition) is 2. The predicted molar refractivity (Wildman–Crippen MR) is 152 cm³/mol. The highest BCUT2D eigenvalue weighted by Crippen LogP contribution is 2.76. The topological polar surface area (TPSA) is 140 Å². The zero-order valence-corrected chi connectivity index (χ0v) is 24.9. The summed E-state index contributed by atoms with van der Waals surface area (Å²) in [7, 11) is 0. The van der Waals surface area contributed by atoms with Crippen LogP contribution in [0.25, 0.3) is 0 Å². The van der Waals surface area contributed by atoms with Crippen molar-refractivity contribution in [2.75, 3.05) is 6.61 Å². The van der Waals surface area contributed by atoms with E-state index in [1.807, 2.05) is 13.8 Å². The molecular weight excluding hydrogens is 550 g/mol. The highest BCUT2D eigenvalue weighted by Gasteiger charge is 2.88. The highest BCUT2D eigenvalue weighted by atomic mass is 16.6. The van der Waals surface area contributed by atoms with Crippen LogP contribution in [0.15, 0.2) is 36.5 Å². The van der Waals surface area contributed by atoms with Gasteiger partial charge in [-0.3, -0.25) is 24.2 Å². The summed E-state index contributed by atoms with van der Waals surface area (Å²) in [6, 6.07) is 5.27. The van der Waals surface area contributed by atoms with E-state index < -0.39 is 69.7 Å². The molecule has 0 amide bonds. The Hall–Kier alpha value is -2.75. The van der Waals surface area contributed by atoms with Gasteiger partial charge in [-0.15, -0.1) is 0 Å². The van der Waals surface area contributed by atoms with E-state index in [9.17, 15) is 29.4 Å². The Bertz CT molecular complexity index is 1400. The van der Waals surface area contributed by atoms with Crippen molar-refractivity contribution in [1.82, 2.24) is 4.98 Å². The third-order valence-electron chi connectivity index (χ3n) is 12.5. The maximum atomic E-state index is 14.3. The number of ketones is 3. The Labute approximate surface area is 251 Å². The molecule has 5 saturated carbocycles. The smallest absolute Gasteiger partial charge is 0.309 e. The van der Waals surface area contributed by atoms with Gasteiger partial charge in [-0.05, 0) is 79.9 Å². The molecule has 7 aliphatic rings. The number of hydrogen-bond acceptors (Lipinski definition) is 9. The van der Waals surface area contributed by atoms with Crippen LogP contribution in [-0.2, 0) is 23.9 Å². The molecule has 3 heterocycles. The Morgan fingerprint density at radius 3 is 2.56 bits per heavy atom. The third-order valence-corrected chi connectivity index (χ3v) is 12.5. The van der Waals surface area contributed by atoms with Crippen molar-refractivity contribution in [2.45, 2.75) is 89.6 Å². The molecule has 2 N–H and O–H groups in total. The van der Waals surface area contributed by atoms with Crippen LogP contribution in [-0.4, -0.2) is 63.1 Å². The number of rotatable bonds is 5. The predicted octanol–water partition coefficient (Wildman–Crippen LogP) is 3.61. The van der Waals surface area contributed by atoms with Gasteiger partial charge in [0.2, 0.25) is 5.79 Å². The zero-order valence-electron chi connectivity index (χ0n) is 24.9. The highest BCUT2D eigenvalue weighted by molar-refractivity contribution is 6.06. The normalized spacial score (nSPS) is 44.5. The number of nitrogens with zero attached hydrogens (tertiary/aromatic N) is 1. The molecule has 2 spiro atoms. The molecule has 5 aliphatic carbocycles. The van der Waals surface area contributed by atoms with Gasteiger partial charge in [-0.2, -0.15) is 0 Å². The van der Waals surface area contributed by atoms with Crippen molar-refractivity contribution in [3.63, 3.8) is 0 Å². The minimum absolute atomic E-state index is 0.00940. The Balaban J connectivity index is 1.15. The van der Waals surface area contributed by atoms with Crippen molar-refractivity contribution < 1.29 is 38.9 Å². The second-order valence-corrected chi connectivity index (χ2v) is 14.7. The summed E-state index contributed by atoms with van der Waals surface area (Å²) in [5.74, 6) is -5.27. The summed E-state index contributed by atoms with van der Waals surface area (Å²) in [6.45, 7) is 8.02. The van der Waals surface area contributed by atoms with Gasteiger partial charge in [0.15, 0.2) is 11.6 Å². The van der Waals surface area contributed by atoms with Crippen molar-refractivity contribution in [2.24, 2.45) is 45.8 Å². The first-order valence-corrected chi connectivity index (χ1v) is 15.9. The van der Waals surface area contributed by atoms with Gasteiger partial charge in [0.05, 0.1) is 17.9 Å². The molecule has 230 valence electrons. The van der Waals surface area contributed by atoms with E-state index in [4.69, 9.17) is 9.47 Å². The molecule has 2 saturated heterocycles. The first-order chi connectivity index (χ1) is 20.4. The van der Waals surface area contributed by atoms with Crippen molar-refractivity contribution in [1.29, 1.82) is 0 Å². The van der Waals surface area contributed by atoms with Crippen LogP contribution in [0.1, 0.15) is 82.1 Å². The van der Waals surface area contributed by atoms with E-state index in [0.29, 0.717) is 63.5 Å². The Morgan fingerprint density at radius 2 is 1.86 bits per heavy atom. The zero-order chi connectivity index (χ0) is 30.5. The molecule has 7 fully saturated rings. The lowest BCUT2D eigenvalue weighted by atomic mass is 9.36. The molecule has 0 radical (unpaired) electrons. The number of pyridine rings is 1. The minimum Gasteiger partial charge on any atom is -0.460 e. The van der Waals surface area contributed by atoms with Crippen molar-refractivity contribution >= 4 is 23.3 Å². The quantitative estimate of drug-likeness (QED) is 0.299. The molecule has 9 nitrogen and oxygen atoms in total. The van der Waals surface area contributed by atoms with Gasteiger partial charge in [0.25, 0.3) is 0 Å². The van der Waals surface area contributed by atoms with Crippen LogP contribution >= 0.6 is 0 Å². The fourth-order valence-electron chi connectivity index (χ4n) is 10.5. The molecule has 8 rings (SSSR count). The second-order valence-electron chi connectivity index (χ2n) is 14.7. The van der Waals surface area contributed by atoms with Crippen LogP contribution < -0.4 is 0 Å². The summed E-state index contributed by atoms with van der Waals surface area (Å²) >= 11 is 0. The minimum atomic E-state index is -2.30. The van der Waals surface area contributed by atoms with Crippen molar-refractivity contribution in [3.8, 4) is 0 Å². The first kappa shape index (κ1) is 29.0. The lowest BCUT2D eigenvalue weighted by Gasteiger charge is -2.73. The van der Waals surface area contributed by atoms with Crippen molar-refractivity contribution in [3.05, 3.63) is 42.2 Å². The fourth-order valence-corrected chi connectivity index (χ4v) is 10.5. The number of aliphatic hydroxyl groups is 2. The Kier molecular flexibility index (Phi) is 6.49. The van der Waals surface area contributed by atoms with Gasteiger partial charge in [-0.25, -0.2) is 0 Å². The number of Topliss-reactive ketones (excluding diaryl/α,β-unsaturated/α-hetero) is 3. The first-order valence-electron chi connectivity index (χ1n) is 15.9. The van der Waals surface area contributed by atoms with Gasteiger partial charge < -0.3 is 19.7 Å². The van der Waals surface area contributed by atoms with Crippen LogP contribution in [0, 0.1) is 45.8 Å². The molecule has 2 aliphatic heterocycles.